The van der Waals surface area contributed by atoms with Gasteiger partial charge >= 0.3 is 0 Å². The third kappa shape index (κ3) is 2.58. The molecule has 0 fully saturated rings. The van der Waals surface area contributed by atoms with E-state index >= 15 is 0 Å². The minimum atomic E-state index is 0.299. The van der Waals surface area contributed by atoms with Gasteiger partial charge in [-0.1, -0.05) is 23.7 Å². The monoisotopic (exact) mass is 268 g/mol. The molecule has 0 amide bonds. The summed E-state index contributed by atoms with van der Waals surface area (Å²) >= 11 is 7.71. The first-order chi connectivity index (χ1) is 8.09. The van der Waals surface area contributed by atoms with E-state index in [1.807, 2.05) is 26.1 Å². The highest BCUT2D eigenvalue weighted by atomic mass is 35.5. The SMILES string of the molecule is Cc1nn(C)c(CSc2ccccc2O)c1Cl. The summed E-state index contributed by atoms with van der Waals surface area (Å²) in [5.74, 6) is 0.987. The van der Waals surface area contributed by atoms with E-state index in [-0.39, 0.29) is 0 Å². The van der Waals surface area contributed by atoms with Gasteiger partial charge in [-0.05, 0) is 19.1 Å². The highest BCUT2D eigenvalue weighted by Gasteiger charge is 2.11. The van der Waals surface area contributed by atoms with Crippen molar-refractivity contribution in [3.8, 4) is 5.75 Å². The standard InChI is InChI=1S/C12H13ClN2OS/c1-8-12(13)9(15(2)14-8)7-17-11-6-4-3-5-10(11)16/h3-6,16H,7H2,1-2H3. The van der Waals surface area contributed by atoms with Gasteiger partial charge in [0, 0.05) is 17.7 Å². The maximum absolute atomic E-state index is 9.66. The van der Waals surface area contributed by atoms with Gasteiger partial charge in [0.05, 0.1) is 16.4 Å². The normalized spacial score (nSPS) is 10.8. The molecule has 1 aromatic carbocycles. The fourth-order valence-corrected chi connectivity index (χ4v) is 2.88. The lowest BCUT2D eigenvalue weighted by Crippen LogP contribution is -1.96. The molecule has 1 aromatic heterocycles. The second-order valence-corrected chi connectivity index (χ2v) is 5.12. The molecule has 0 saturated heterocycles. The molecule has 90 valence electrons. The van der Waals surface area contributed by atoms with Gasteiger partial charge in [0.25, 0.3) is 0 Å². The Morgan fingerprint density at radius 3 is 2.71 bits per heavy atom. The van der Waals surface area contributed by atoms with Crippen LogP contribution in [0.15, 0.2) is 29.2 Å². The van der Waals surface area contributed by atoms with Gasteiger partial charge < -0.3 is 5.11 Å². The van der Waals surface area contributed by atoms with Crippen molar-refractivity contribution in [3.63, 3.8) is 0 Å². The smallest absolute Gasteiger partial charge is 0.129 e. The molecule has 0 spiro atoms. The summed E-state index contributed by atoms with van der Waals surface area (Å²) in [5, 5.41) is 14.6. The number of hydrogen-bond acceptors (Lipinski definition) is 3. The van der Waals surface area contributed by atoms with Gasteiger partial charge in [-0.3, -0.25) is 4.68 Å². The predicted molar refractivity (Wildman–Crippen MR) is 70.6 cm³/mol. The molecule has 0 saturated carbocycles. The Morgan fingerprint density at radius 2 is 2.12 bits per heavy atom. The summed E-state index contributed by atoms with van der Waals surface area (Å²) in [7, 11) is 1.87. The fourth-order valence-electron chi connectivity index (χ4n) is 1.56. The topological polar surface area (TPSA) is 38.0 Å². The van der Waals surface area contributed by atoms with Crippen LogP contribution in [0.4, 0.5) is 0 Å². The van der Waals surface area contributed by atoms with Crippen LogP contribution in [0.1, 0.15) is 11.4 Å². The number of phenols is 1. The third-order valence-electron chi connectivity index (χ3n) is 2.49. The van der Waals surface area contributed by atoms with Crippen LogP contribution in [0.3, 0.4) is 0 Å². The molecule has 0 radical (unpaired) electrons. The summed E-state index contributed by atoms with van der Waals surface area (Å²) in [5.41, 5.74) is 1.81. The molecular weight excluding hydrogens is 256 g/mol. The minimum Gasteiger partial charge on any atom is -0.507 e. The molecule has 0 unspecified atom stereocenters. The molecule has 0 aliphatic rings. The Hall–Kier alpha value is -1.13. The molecule has 1 N–H and O–H groups in total. The van der Waals surface area contributed by atoms with Crippen molar-refractivity contribution in [2.45, 2.75) is 17.6 Å². The number of hydrogen-bond donors (Lipinski definition) is 1. The summed E-state index contributed by atoms with van der Waals surface area (Å²) in [4.78, 5) is 0.849. The lowest BCUT2D eigenvalue weighted by molar-refractivity contribution is 0.462. The molecule has 3 nitrogen and oxygen atoms in total. The fraction of sp³-hybridized carbons (Fsp3) is 0.250. The van der Waals surface area contributed by atoms with E-state index < -0.39 is 0 Å². The van der Waals surface area contributed by atoms with Gasteiger partial charge in [-0.25, -0.2) is 0 Å². The first-order valence-electron chi connectivity index (χ1n) is 5.18. The summed E-state index contributed by atoms with van der Waals surface area (Å²) < 4.78 is 1.78. The van der Waals surface area contributed by atoms with Gasteiger partial charge in [-0.2, -0.15) is 5.10 Å². The Morgan fingerprint density at radius 1 is 1.41 bits per heavy atom. The van der Waals surface area contributed by atoms with Gasteiger partial charge in [0.2, 0.25) is 0 Å². The highest BCUT2D eigenvalue weighted by molar-refractivity contribution is 7.98. The number of aromatic nitrogens is 2. The lowest BCUT2D eigenvalue weighted by Gasteiger charge is -2.04. The molecule has 0 atom stereocenters. The molecule has 17 heavy (non-hydrogen) atoms. The van der Waals surface area contributed by atoms with Gasteiger partial charge in [0.15, 0.2) is 0 Å². The van der Waals surface area contributed by atoms with Crippen molar-refractivity contribution in [1.29, 1.82) is 0 Å². The number of aromatic hydroxyl groups is 1. The van der Waals surface area contributed by atoms with Crippen LogP contribution >= 0.6 is 23.4 Å². The zero-order valence-corrected chi connectivity index (χ0v) is 11.2. The van der Waals surface area contributed by atoms with Crippen molar-refractivity contribution >= 4 is 23.4 Å². The Bertz CT molecular complexity index is 539. The zero-order valence-electron chi connectivity index (χ0n) is 9.64. The van der Waals surface area contributed by atoms with E-state index in [1.165, 1.54) is 0 Å². The lowest BCUT2D eigenvalue weighted by atomic mass is 10.3. The number of halogens is 1. The van der Waals surface area contributed by atoms with Crippen LogP contribution in [0.25, 0.3) is 0 Å². The third-order valence-corrected chi connectivity index (χ3v) is 4.06. The second kappa shape index (κ2) is 5.02. The molecule has 0 bridgehead atoms. The van der Waals surface area contributed by atoms with Crippen molar-refractivity contribution in [1.82, 2.24) is 9.78 Å². The largest absolute Gasteiger partial charge is 0.507 e. The number of benzene rings is 1. The molecular formula is C12H13ClN2OS. The molecule has 2 rings (SSSR count). The Kier molecular flexibility index (Phi) is 3.64. The Labute approximate surface area is 109 Å². The Balaban J connectivity index is 2.15. The maximum atomic E-state index is 9.66. The summed E-state index contributed by atoms with van der Waals surface area (Å²) in [6.45, 7) is 1.89. The first kappa shape index (κ1) is 12.3. The predicted octanol–water partition coefficient (Wildman–Crippen LogP) is 3.38. The van der Waals surface area contributed by atoms with Crippen LogP contribution in [0, 0.1) is 6.92 Å². The second-order valence-electron chi connectivity index (χ2n) is 3.73. The summed E-state index contributed by atoms with van der Waals surface area (Å²) in [6.07, 6.45) is 0. The van der Waals surface area contributed by atoms with Crippen LogP contribution in [-0.4, -0.2) is 14.9 Å². The van der Waals surface area contributed by atoms with E-state index in [1.54, 1.807) is 28.6 Å². The van der Waals surface area contributed by atoms with Crippen LogP contribution in [-0.2, 0) is 12.8 Å². The van der Waals surface area contributed by atoms with Gasteiger partial charge in [-0.15, -0.1) is 11.8 Å². The molecule has 5 heteroatoms. The average Bonchev–Trinajstić information content (AvgIpc) is 2.53. The van der Waals surface area contributed by atoms with E-state index in [9.17, 15) is 5.11 Å². The summed E-state index contributed by atoms with van der Waals surface area (Å²) in [6, 6.07) is 7.27. The minimum absolute atomic E-state index is 0.299. The number of aryl methyl sites for hydroxylation is 2. The van der Waals surface area contributed by atoms with E-state index in [0.29, 0.717) is 16.5 Å². The van der Waals surface area contributed by atoms with Crippen molar-refractivity contribution < 1.29 is 5.11 Å². The molecule has 1 heterocycles. The number of para-hydroxylation sites is 1. The number of nitrogens with zero attached hydrogens (tertiary/aromatic N) is 2. The van der Waals surface area contributed by atoms with Crippen molar-refractivity contribution in [2.75, 3.05) is 0 Å². The van der Waals surface area contributed by atoms with Gasteiger partial charge in [0.1, 0.15) is 5.75 Å². The first-order valence-corrected chi connectivity index (χ1v) is 6.54. The molecule has 0 aliphatic heterocycles. The number of rotatable bonds is 3. The van der Waals surface area contributed by atoms with E-state index in [4.69, 9.17) is 11.6 Å². The average molecular weight is 269 g/mol. The molecule has 0 aliphatic carbocycles. The van der Waals surface area contributed by atoms with Crippen molar-refractivity contribution in [2.24, 2.45) is 7.05 Å². The highest BCUT2D eigenvalue weighted by Crippen LogP contribution is 2.32. The number of phenolic OH excluding ortho intramolecular Hbond substituents is 1. The van der Waals surface area contributed by atoms with E-state index in [0.717, 1.165) is 16.3 Å². The van der Waals surface area contributed by atoms with Crippen LogP contribution in [0.5, 0.6) is 5.75 Å². The van der Waals surface area contributed by atoms with Crippen LogP contribution < -0.4 is 0 Å². The van der Waals surface area contributed by atoms with E-state index in [2.05, 4.69) is 5.10 Å². The van der Waals surface area contributed by atoms with Crippen molar-refractivity contribution in [3.05, 3.63) is 40.7 Å². The maximum Gasteiger partial charge on any atom is 0.129 e. The molecule has 2 aromatic rings. The van der Waals surface area contributed by atoms with Crippen LogP contribution in [0.2, 0.25) is 5.02 Å². The number of thioether (sulfide) groups is 1. The zero-order chi connectivity index (χ0) is 12.4. The quantitative estimate of drug-likeness (QED) is 0.868.